The van der Waals surface area contributed by atoms with E-state index in [2.05, 4.69) is 32.3 Å². The largest absolute Gasteiger partial charge is 0.316 e. The number of halogens is 1. The van der Waals surface area contributed by atoms with Gasteiger partial charge in [-0.3, -0.25) is 4.98 Å². The molecule has 0 amide bonds. The van der Waals surface area contributed by atoms with Gasteiger partial charge in [0.1, 0.15) is 0 Å². The number of aromatic nitrogens is 1. The average molecular weight is 267 g/mol. The number of hydrogen-bond acceptors (Lipinski definition) is 2. The minimum absolute atomic E-state index is 0.632. The summed E-state index contributed by atoms with van der Waals surface area (Å²) in [4.78, 5) is 4.26. The van der Waals surface area contributed by atoms with Crippen LogP contribution in [0.3, 0.4) is 0 Å². The lowest BCUT2D eigenvalue weighted by Crippen LogP contribution is -2.51. The van der Waals surface area contributed by atoms with E-state index >= 15 is 0 Å². The molecule has 80 valence electrons. The number of nitrogens with one attached hydrogen (secondary N) is 1. The van der Waals surface area contributed by atoms with Crippen molar-refractivity contribution in [2.45, 2.75) is 25.2 Å². The molecule has 0 radical (unpaired) electrons. The number of hydrogen-bond donors (Lipinski definition) is 1. The molecule has 1 aliphatic heterocycles. The Morgan fingerprint density at radius 1 is 1.40 bits per heavy atom. The van der Waals surface area contributed by atoms with E-state index in [1.165, 1.54) is 37.9 Å². The fourth-order valence-electron chi connectivity index (χ4n) is 2.94. The summed E-state index contributed by atoms with van der Waals surface area (Å²) in [7, 11) is 0. The zero-order chi connectivity index (χ0) is 10.3. The van der Waals surface area contributed by atoms with Crippen LogP contribution in [0.15, 0.2) is 22.9 Å². The maximum Gasteiger partial charge on any atom is 0.0410 e. The smallest absolute Gasteiger partial charge is 0.0410 e. The lowest BCUT2D eigenvalue weighted by atomic mass is 9.79. The molecule has 2 nitrogen and oxygen atoms in total. The van der Waals surface area contributed by atoms with Crippen LogP contribution in [0.5, 0.6) is 0 Å². The standard InChI is InChI=1S/C12H15BrN2/c13-11-3-10(5-14-6-11)9-1-2-12(4-9)7-15-8-12/h3,5-6,9,15H,1-2,4,7-8H2. The van der Waals surface area contributed by atoms with Crippen LogP contribution in [0.1, 0.15) is 30.7 Å². The lowest BCUT2D eigenvalue weighted by Gasteiger charge is -2.39. The second-order valence-corrected chi connectivity index (χ2v) is 5.90. The molecular formula is C12H15BrN2. The molecule has 2 fully saturated rings. The van der Waals surface area contributed by atoms with E-state index in [1.54, 1.807) is 0 Å². The van der Waals surface area contributed by atoms with Crippen molar-refractivity contribution < 1.29 is 0 Å². The summed E-state index contributed by atoms with van der Waals surface area (Å²) in [6, 6.07) is 2.22. The van der Waals surface area contributed by atoms with E-state index in [4.69, 9.17) is 0 Å². The van der Waals surface area contributed by atoms with Gasteiger partial charge < -0.3 is 5.32 Å². The maximum atomic E-state index is 4.26. The minimum Gasteiger partial charge on any atom is -0.316 e. The van der Waals surface area contributed by atoms with Crippen molar-refractivity contribution in [2.75, 3.05) is 13.1 Å². The van der Waals surface area contributed by atoms with Crippen molar-refractivity contribution in [3.63, 3.8) is 0 Å². The van der Waals surface area contributed by atoms with E-state index in [0.717, 1.165) is 10.4 Å². The van der Waals surface area contributed by atoms with Gasteiger partial charge in [0.25, 0.3) is 0 Å². The fraction of sp³-hybridized carbons (Fsp3) is 0.583. The van der Waals surface area contributed by atoms with E-state index in [-0.39, 0.29) is 0 Å². The van der Waals surface area contributed by atoms with Crippen LogP contribution < -0.4 is 5.32 Å². The van der Waals surface area contributed by atoms with Gasteiger partial charge in [-0.15, -0.1) is 0 Å². The Morgan fingerprint density at radius 3 is 2.87 bits per heavy atom. The molecule has 1 aromatic rings. The third-order valence-corrected chi connectivity index (χ3v) is 4.33. The van der Waals surface area contributed by atoms with Gasteiger partial charge in [0, 0.05) is 30.0 Å². The van der Waals surface area contributed by atoms with Crippen molar-refractivity contribution in [1.29, 1.82) is 0 Å². The van der Waals surface area contributed by atoms with Gasteiger partial charge in [0.15, 0.2) is 0 Å². The summed E-state index contributed by atoms with van der Waals surface area (Å²) in [5, 5.41) is 3.40. The molecule has 1 aromatic heterocycles. The first kappa shape index (κ1) is 9.79. The van der Waals surface area contributed by atoms with E-state index in [0.29, 0.717) is 5.41 Å². The normalized spacial score (nSPS) is 27.9. The van der Waals surface area contributed by atoms with Crippen molar-refractivity contribution in [1.82, 2.24) is 10.3 Å². The van der Waals surface area contributed by atoms with Crippen LogP contribution in [-0.2, 0) is 0 Å². The Kier molecular flexibility index (Phi) is 2.33. The highest BCUT2D eigenvalue weighted by Crippen LogP contribution is 2.48. The van der Waals surface area contributed by atoms with Crippen LogP contribution in [-0.4, -0.2) is 18.1 Å². The van der Waals surface area contributed by atoms with Gasteiger partial charge in [0.05, 0.1) is 0 Å². The Bertz CT molecular complexity index is 374. The predicted octanol–water partition coefficient (Wildman–Crippen LogP) is 2.70. The third kappa shape index (κ3) is 1.72. The monoisotopic (exact) mass is 266 g/mol. The van der Waals surface area contributed by atoms with Crippen LogP contribution in [0.2, 0.25) is 0 Å². The van der Waals surface area contributed by atoms with Crippen molar-refractivity contribution in [3.05, 3.63) is 28.5 Å². The molecule has 2 heterocycles. The molecule has 1 saturated carbocycles. The fourth-order valence-corrected chi connectivity index (χ4v) is 3.33. The first-order chi connectivity index (χ1) is 7.27. The molecule has 2 aliphatic rings. The van der Waals surface area contributed by atoms with Crippen LogP contribution in [0, 0.1) is 5.41 Å². The SMILES string of the molecule is Brc1cncc(C2CCC3(CNC3)C2)c1. The molecule has 1 unspecified atom stereocenters. The summed E-state index contributed by atoms with van der Waals surface area (Å²) in [5.41, 5.74) is 2.04. The van der Waals surface area contributed by atoms with Gasteiger partial charge in [0.2, 0.25) is 0 Å². The Balaban J connectivity index is 1.79. The highest BCUT2D eigenvalue weighted by atomic mass is 79.9. The zero-order valence-corrected chi connectivity index (χ0v) is 10.3. The van der Waals surface area contributed by atoms with Crippen molar-refractivity contribution >= 4 is 15.9 Å². The number of nitrogens with zero attached hydrogens (tertiary/aromatic N) is 1. The zero-order valence-electron chi connectivity index (χ0n) is 8.67. The van der Waals surface area contributed by atoms with Crippen molar-refractivity contribution in [2.24, 2.45) is 5.41 Å². The van der Waals surface area contributed by atoms with E-state index < -0.39 is 0 Å². The first-order valence-corrected chi connectivity index (χ1v) is 6.38. The van der Waals surface area contributed by atoms with Crippen LogP contribution in [0.4, 0.5) is 0 Å². The lowest BCUT2D eigenvalue weighted by molar-refractivity contribution is 0.175. The Morgan fingerprint density at radius 2 is 2.27 bits per heavy atom. The molecule has 1 spiro atoms. The summed E-state index contributed by atoms with van der Waals surface area (Å²) in [6.07, 6.45) is 7.95. The minimum atomic E-state index is 0.632. The quantitative estimate of drug-likeness (QED) is 0.846. The molecular weight excluding hydrogens is 252 g/mol. The molecule has 0 bridgehead atoms. The molecule has 15 heavy (non-hydrogen) atoms. The van der Waals surface area contributed by atoms with Gasteiger partial charge in [-0.25, -0.2) is 0 Å². The molecule has 1 N–H and O–H groups in total. The van der Waals surface area contributed by atoms with Gasteiger partial charge in [-0.05, 0) is 58.2 Å². The maximum absolute atomic E-state index is 4.26. The van der Waals surface area contributed by atoms with Gasteiger partial charge in [-0.2, -0.15) is 0 Å². The van der Waals surface area contributed by atoms with Crippen molar-refractivity contribution in [3.8, 4) is 0 Å². The summed E-state index contributed by atoms with van der Waals surface area (Å²) >= 11 is 3.49. The van der Waals surface area contributed by atoms with Gasteiger partial charge >= 0.3 is 0 Å². The second kappa shape index (κ2) is 3.56. The highest BCUT2D eigenvalue weighted by molar-refractivity contribution is 9.10. The Labute approximate surface area is 98.6 Å². The number of rotatable bonds is 1. The molecule has 3 heteroatoms. The predicted molar refractivity (Wildman–Crippen MR) is 63.8 cm³/mol. The summed E-state index contributed by atoms with van der Waals surface area (Å²) < 4.78 is 1.10. The first-order valence-electron chi connectivity index (χ1n) is 5.59. The topological polar surface area (TPSA) is 24.9 Å². The van der Waals surface area contributed by atoms with Crippen LogP contribution in [0.25, 0.3) is 0 Å². The molecule has 1 saturated heterocycles. The second-order valence-electron chi connectivity index (χ2n) is 4.98. The summed E-state index contributed by atoms with van der Waals surface area (Å²) in [6.45, 7) is 2.45. The van der Waals surface area contributed by atoms with Crippen LogP contribution >= 0.6 is 15.9 Å². The number of pyridine rings is 1. The third-order valence-electron chi connectivity index (χ3n) is 3.90. The highest BCUT2D eigenvalue weighted by Gasteiger charge is 2.43. The van der Waals surface area contributed by atoms with Gasteiger partial charge in [-0.1, -0.05) is 0 Å². The van der Waals surface area contributed by atoms with E-state index in [9.17, 15) is 0 Å². The summed E-state index contributed by atoms with van der Waals surface area (Å²) in [5.74, 6) is 0.733. The molecule has 1 atom stereocenters. The molecule has 3 rings (SSSR count). The van der Waals surface area contributed by atoms with E-state index in [1.807, 2.05) is 12.4 Å². The molecule has 1 aliphatic carbocycles. The molecule has 0 aromatic carbocycles. The average Bonchev–Trinajstić information content (AvgIpc) is 2.62. The Hall–Kier alpha value is -0.410.